The summed E-state index contributed by atoms with van der Waals surface area (Å²) in [6, 6.07) is 3.09. The monoisotopic (exact) mass is 533 g/mol. The zero-order chi connectivity index (χ0) is 26.2. The molecule has 1 aromatic carbocycles. The van der Waals surface area contributed by atoms with Crippen molar-refractivity contribution < 1.29 is 23.8 Å². The fourth-order valence-electron chi connectivity index (χ4n) is 6.33. The summed E-state index contributed by atoms with van der Waals surface area (Å²) in [6.45, 7) is 3.69. The third kappa shape index (κ3) is 5.62. The van der Waals surface area contributed by atoms with E-state index >= 15 is 0 Å². The molecule has 3 N–H and O–H groups in total. The molecule has 1 aromatic rings. The lowest BCUT2D eigenvalue weighted by Gasteiger charge is -2.45. The number of hydrogen-bond donors (Lipinski definition) is 3. The lowest BCUT2D eigenvalue weighted by atomic mass is 9.68. The van der Waals surface area contributed by atoms with E-state index in [2.05, 4.69) is 16.3 Å². The Hall–Kier alpha value is -2.26. The second-order valence-electron chi connectivity index (χ2n) is 11.0. The minimum atomic E-state index is -1.25. The average Bonchev–Trinajstić information content (AvgIpc) is 3.20. The fraction of sp³-hybridized carbons (Fsp3) is 0.536. The summed E-state index contributed by atoms with van der Waals surface area (Å²) < 4.78 is 26.7. The number of rotatable bonds is 5. The molecule has 0 radical (unpaired) electrons. The number of fused-ring (bicyclic) bond motifs is 2. The minimum Gasteiger partial charge on any atom is -0.389 e. The predicted octanol–water partition coefficient (Wildman–Crippen LogP) is 3.40. The highest BCUT2D eigenvalue weighted by molar-refractivity contribution is 6.31. The van der Waals surface area contributed by atoms with Gasteiger partial charge < -0.3 is 25.3 Å². The van der Waals surface area contributed by atoms with Gasteiger partial charge in [-0.3, -0.25) is 4.79 Å². The third-order valence-electron chi connectivity index (χ3n) is 8.75. The predicted molar refractivity (Wildman–Crippen MR) is 138 cm³/mol. The third-order valence-corrected chi connectivity index (χ3v) is 9.01. The number of nitrogens with zero attached hydrogens (tertiary/aromatic N) is 2. The van der Waals surface area contributed by atoms with Crippen LogP contribution in [0.4, 0.5) is 8.78 Å². The molecule has 1 amide bonds. The molecule has 0 aromatic heterocycles. The van der Waals surface area contributed by atoms with Crippen LogP contribution in [0.3, 0.4) is 0 Å². The molecule has 3 saturated heterocycles. The van der Waals surface area contributed by atoms with Crippen LogP contribution in [-0.2, 0) is 4.79 Å². The molecule has 3 aliphatic heterocycles. The van der Waals surface area contributed by atoms with Gasteiger partial charge in [0.05, 0.1) is 11.7 Å². The molecule has 1 aliphatic carbocycles. The van der Waals surface area contributed by atoms with Crippen LogP contribution in [-0.4, -0.2) is 76.9 Å². The summed E-state index contributed by atoms with van der Waals surface area (Å²) in [4.78, 5) is 16.4. The summed E-state index contributed by atoms with van der Waals surface area (Å²) in [5.74, 6) is -1.22. The summed E-state index contributed by atoms with van der Waals surface area (Å²) in [5, 5.41) is 26.5. The number of benzene rings is 1. The van der Waals surface area contributed by atoms with E-state index in [4.69, 9.17) is 11.6 Å². The summed E-state index contributed by atoms with van der Waals surface area (Å²) in [7, 11) is 0. The number of piperidine rings is 2. The Kier molecular flexibility index (Phi) is 7.47. The highest BCUT2D eigenvalue weighted by Gasteiger charge is 2.48. The van der Waals surface area contributed by atoms with Crippen molar-refractivity contribution in [3.63, 3.8) is 0 Å². The van der Waals surface area contributed by atoms with Gasteiger partial charge in [-0.1, -0.05) is 17.7 Å². The molecule has 9 heteroatoms. The lowest BCUT2D eigenvalue weighted by Crippen LogP contribution is -2.56. The number of β-amino-alcohol motifs (C(OH)–C–C–N with tert-alkyl or cyclic N) is 1. The van der Waals surface area contributed by atoms with Gasteiger partial charge in [-0.25, -0.2) is 8.78 Å². The van der Waals surface area contributed by atoms with E-state index in [1.54, 1.807) is 4.90 Å². The first-order valence-corrected chi connectivity index (χ1v) is 13.4. The van der Waals surface area contributed by atoms with Gasteiger partial charge in [0.25, 0.3) is 0 Å². The first kappa shape index (κ1) is 26.4. The van der Waals surface area contributed by atoms with Crippen LogP contribution in [0.2, 0.25) is 0 Å². The van der Waals surface area contributed by atoms with E-state index in [-0.39, 0.29) is 29.7 Å². The van der Waals surface area contributed by atoms with Crippen molar-refractivity contribution in [2.45, 2.75) is 43.8 Å². The van der Waals surface area contributed by atoms with Crippen molar-refractivity contribution in [3.05, 3.63) is 64.4 Å². The Morgan fingerprint density at radius 3 is 2.49 bits per heavy atom. The zero-order valence-electron chi connectivity index (χ0n) is 20.8. The number of amides is 1. The number of aliphatic hydroxyl groups is 2. The first-order valence-electron chi connectivity index (χ1n) is 13.0. The molecular weight excluding hydrogens is 500 g/mol. The molecule has 3 heterocycles. The van der Waals surface area contributed by atoms with Gasteiger partial charge >= 0.3 is 0 Å². The van der Waals surface area contributed by atoms with E-state index in [1.165, 1.54) is 17.8 Å². The molecule has 0 bridgehead atoms. The van der Waals surface area contributed by atoms with E-state index in [9.17, 15) is 23.8 Å². The van der Waals surface area contributed by atoms with Crippen LogP contribution in [0.15, 0.2) is 47.2 Å². The molecule has 4 aliphatic rings. The molecule has 37 heavy (non-hydrogen) atoms. The Morgan fingerprint density at radius 2 is 1.81 bits per heavy atom. The van der Waals surface area contributed by atoms with Gasteiger partial charge in [-0.15, -0.1) is 0 Å². The molecule has 2 unspecified atom stereocenters. The minimum absolute atomic E-state index is 0.217. The van der Waals surface area contributed by atoms with Gasteiger partial charge in [0, 0.05) is 55.0 Å². The number of aliphatic hydroxyl groups excluding tert-OH is 1. The Bertz CT molecular complexity index is 1100. The molecule has 0 saturated carbocycles. The summed E-state index contributed by atoms with van der Waals surface area (Å²) >= 11 is 6.19. The van der Waals surface area contributed by atoms with E-state index in [0.29, 0.717) is 25.6 Å². The topological polar surface area (TPSA) is 76.0 Å². The largest absolute Gasteiger partial charge is 0.389 e. The van der Waals surface area contributed by atoms with Crippen LogP contribution < -0.4 is 5.32 Å². The highest BCUT2D eigenvalue weighted by Crippen LogP contribution is 2.49. The standard InChI is InChI=1S/C28H34ClF2N3O3/c29-20-2-3-23-24(15-20)32-18-27(23)5-9-33(10-6-27)17-25(35)28(37)7-11-34(12-8-28)26(36)4-1-19-13-21(30)16-22(31)14-19/h1-2,4,13-16,23,25,32,35,37H,3,5-12,17-18H2/b4-1+. The van der Waals surface area contributed by atoms with Crippen molar-refractivity contribution in [2.24, 2.45) is 11.3 Å². The van der Waals surface area contributed by atoms with Crippen LogP contribution in [0.25, 0.3) is 6.08 Å². The number of halogens is 3. The Morgan fingerprint density at radius 1 is 1.14 bits per heavy atom. The smallest absolute Gasteiger partial charge is 0.246 e. The quantitative estimate of drug-likeness (QED) is 0.506. The Labute approximate surface area is 221 Å². The van der Waals surface area contributed by atoms with Gasteiger partial charge in [0.1, 0.15) is 11.6 Å². The summed E-state index contributed by atoms with van der Waals surface area (Å²) in [6.07, 6.45) is 9.47. The van der Waals surface area contributed by atoms with Gasteiger partial charge in [0.15, 0.2) is 0 Å². The van der Waals surface area contributed by atoms with Crippen molar-refractivity contribution in [1.29, 1.82) is 0 Å². The van der Waals surface area contributed by atoms with Crippen molar-refractivity contribution in [1.82, 2.24) is 15.1 Å². The highest BCUT2D eigenvalue weighted by atomic mass is 35.5. The summed E-state index contributed by atoms with van der Waals surface area (Å²) in [5.41, 5.74) is 0.475. The fourth-order valence-corrected chi connectivity index (χ4v) is 6.54. The van der Waals surface area contributed by atoms with E-state index < -0.39 is 23.3 Å². The number of carbonyl (C=O) groups excluding carboxylic acids is 1. The molecule has 3 fully saturated rings. The molecule has 6 nitrogen and oxygen atoms in total. The van der Waals surface area contributed by atoms with Crippen LogP contribution >= 0.6 is 11.6 Å². The van der Waals surface area contributed by atoms with Gasteiger partial charge in [-0.05, 0) is 80.5 Å². The van der Waals surface area contributed by atoms with Gasteiger partial charge in [-0.2, -0.15) is 0 Å². The first-order chi connectivity index (χ1) is 17.7. The average molecular weight is 534 g/mol. The van der Waals surface area contributed by atoms with Crippen molar-refractivity contribution >= 4 is 23.6 Å². The molecule has 200 valence electrons. The number of likely N-dealkylation sites (tertiary alicyclic amines) is 2. The number of nitrogens with one attached hydrogen (secondary N) is 1. The normalized spacial score (nSPS) is 26.0. The van der Waals surface area contributed by atoms with Crippen molar-refractivity contribution in [3.8, 4) is 0 Å². The maximum atomic E-state index is 13.4. The van der Waals surface area contributed by atoms with Crippen molar-refractivity contribution in [2.75, 3.05) is 39.3 Å². The number of carbonyl (C=O) groups is 1. The molecular formula is C28H34ClF2N3O3. The zero-order valence-corrected chi connectivity index (χ0v) is 21.6. The van der Waals surface area contributed by atoms with E-state index in [0.717, 1.165) is 62.1 Å². The van der Waals surface area contributed by atoms with Crippen LogP contribution in [0, 0.1) is 23.0 Å². The van der Waals surface area contributed by atoms with Crippen LogP contribution in [0.5, 0.6) is 0 Å². The second kappa shape index (κ2) is 10.5. The molecule has 2 atom stereocenters. The Balaban J connectivity index is 1.10. The van der Waals surface area contributed by atoms with E-state index in [1.807, 2.05) is 6.08 Å². The maximum absolute atomic E-state index is 13.4. The van der Waals surface area contributed by atoms with Gasteiger partial charge in [0.2, 0.25) is 5.91 Å². The SMILES string of the molecule is O=C(/C=C/c1cc(F)cc(F)c1)N1CCC(O)(C(O)CN2CCC3(CC2)CNC2=CC(Cl)=CCC23)CC1. The second-order valence-corrected chi connectivity index (χ2v) is 11.4. The maximum Gasteiger partial charge on any atom is 0.246 e. The molecule has 5 rings (SSSR count). The number of allylic oxidation sites excluding steroid dienone is 4. The van der Waals surface area contributed by atoms with Crippen LogP contribution in [0.1, 0.15) is 37.7 Å². The number of hydrogen-bond acceptors (Lipinski definition) is 5. The molecule has 1 spiro atoms. The lowest BCUT2D eigenvalue weighted by molar-refractivity contribution is -0.140.